The summed E-state index contributed by atoms with van der Waals surface area (Å²) < 4.78 is 5.02. The predicted octanol–water partition coefficient (Wildman–Crippen LogP) is 1.25. The van der Waals surface area contributed by atoms with Gasteiger partial charge in [-0.05, 0) is 31.0 Å². The Kier molecular flexibility index (Phi) is 3.51. The van der Waals surface area contributed by atoms with Crippen molar-refractivity contribution in [3.05, 3.63) is 29.8 Å². The Bertz CT molecular complexity index is 420. The normalized spacial score (nSPS) is 13.6. The van der Waals surface area contributed by atoms with Gasteiger partial charge in [0.1, 0.15) is 11.2 Å². The second-order valence-electron chi connectivity index (χ2n) is 3.83. The number of nitrogens with two attached hydrogens (primary N) is 1. The van der Waals surface area contributed by atoms with Gasteiger partial charge in [0.25, 0.3) is 0 Å². The SMILES string of the molecule is COc1ccc(C[C@@](C)(C#N)C(N)=O)cc1. The lowest BCUT2D eigenvalue weighted by molar-refractivity contribution is -0.124. The van der Waals surface area contributed by atoms with Gasteiger partial charge in [-0.15, -0.1) is 0 Å². The number of carbonyl (C=O) groups excluding carboxylic acids is 1. The zero-order valence-corrected chi connectivity index (χ0v) is 9.36. The molecule has 0 unspecified atom stereocenters. The van der Waals surface area contributed by atoms with Gasteiger partial charge >= 0.3 is 0 Å². The summed E-state index contributed by atoms with van der Waals surface area (Å²) in [7, 11) is 1.58. The zero-order chi connectivity index (χ0) is 12.2. The van der Waals surface area contributed by atoms with Gasteiger partial charge in [-0.2, -0.15) is 5.26 Å². The van der Waals surface area contributed by atoms with Crippen molar-refractivity contribution < 1.29 is 9.53 Å². The monoisotopic (exact) mass is 218 g/mol. The van der Waals surface area contributed by atoms with E-state index in [4.69, 9.17) is 15.7 Å². The van der Waals surface area contributed by atoms with Crippen LogP contribution in [0.4, 0.5) is 0 Å². The van der Waals surface area contributed by atoms with Crippen LogP contribution in [0.1, 0.15) is 12.5 Å². The summed E-state index contributed by atoms with van der Waals surface area (Å²) in [6, 6.07) is 9.15. The molecule has 0 saturated carbocycles. The van der Waals surface area contributed by atoms with Crippen LogP contribution in [0.15, 0.2) is 24.3 Å². The van der Waals surface area contributed by atoms with Crippen molar-refractivity contribution >= 4 is 5.91 Å². The average Bonchev–Trinajstić information content (AvgIpc) is 2.29. The van der Waals surface area contributed by atoms with E-state index in [1.165, 1.54) is 0 Å². The molecule has 84 valence electrons. The Morgan fingerprint density at radius 1 is 1.50 bits per heavy atom. The van der Waals surface area contributed by atoms with Gasteiger partial charge in [0.05, 0.1) is 13.2 Å². The highest BCUT2D eigenvalue weighted by Crippen LogP contribution is 2.22. The topological polar surface area (TPSA) is 76.1 Å². The maximum atomic E-state index is 11.2. The first-order valence-electron chi connectivity index (χ1n) is 4.86. The van der Waals surface area contributed by atoms with Crippen molar-refractivity contribution in [3.63, 3.8) is 0 Å². The zero-order valence-electron chi connectivity index (χ0n) is 9.36. The number of hydrogen-bond acceptors (Lipinski definition) is 3. The van der Waals surface area contributed by atoms with Crippen molar-refractivity contribution in [2.45, 2.75) is 13.3 Å². The van der Waals surface area contributed by atoms with Crippen LogP contribution in [0, 0.1) is 16.7 Å². The van der Waals surface area contributed by atoms with Crippen molar-refractivity contribution in [2.24, 2.45) is 11.1 Å². The quantitative estimate of drug-likeness (QED) is 0.826. The third-order valence-corrected chi connectivity index (χ3v) is 2.51. The van der Waals surface area contributed by atoms with E-state index < -0.39 is 11.3 Å². The number of amides is 1. The summed E-state index contributed by atoms with van der Waals surface area (Å²) in [5.74, 6) is 0.132. The number of methoxy groups -OCH3 is 1. The van der Waals surface area contributed by atoms with E-state index in [0.717, 1.165) is 11.3 Å². The van der Waals surface area contributed by atoms with Crippen LogP contribution in [0.3, 0.4) is 0 Å². The molecule has 1 aromatic rings. The molecule has 0 fully saturated rings. The van der Waals surface area contributed by atoms with E-state index in [0.29, 0.717) is 6.42 Å². The molecule has 16 heavy (non-hydrogen) atoms. The number of rotatable bonds is 4. The number of ether oxygens (including phenoxy) is 1. The van der Waals surface area contributed by atoms with E-state index in [9.17, 15) is 4.79 Å². The minimum atomic E-state index is -1.16. The Labute approximate surface area is 94.6 Å². The molecular formula is C12H14N2O2. The smallest absolute Gasteiger partial charge is 0.237 e. The standard InChI is InChI=1S/C12H14N2O2/c1-12(8-13,11(14)15)7-9-3-5-10(16-2)6-4-9/h3-6H,7H2,1-2H3,(H2,14,15)/t12-/m0/s1. The lowest BCUT2D eigenvalue weighted by atomic mass is 9.84. The van der Waals surface area contributed by atoms with Gasteiger partial charge < -0.3 is 10.5 Å². The molecule has 1 amide bonds. The van der Waals surface area contributed by atoms with Gasteiger partial charge in [0.2, 0.25) is 5.91 Å². The largest absolute Gasteiger partial charge is 0.497 e. The molecule has 0 heterocycles. The van der Waals surface area contributed by atoms with Crippen molar-refractivity contribution in [3.8, 4) is 11.8 Å². The van der Waals surface area contributed by atoms with E-state index in [-0.39, 0.29) is 0 Å². The van der Waals surface area contributed by atoms with E-state index >= 15 is 0 Å². The number of benzene rings is 1. The first-order valence-corrected chi connectivity index (χ1v) is 4.86. The Hall–Kier alpha value is -2.02. The number of primary amides is 1. The Morgan fingerprint density at radius 2 is 2.06 bits per heavy atom. The van der Waals surface area contributed by atoms with Crippen LogP contribution in [0.2, 0.25) is 0 Å². The lowest BCUT2D eigenvalue weighted by Gasteiger charge is -2.17. The van der Waals surface area contributed by atoms with Crippen LogP contribution in [0.5, 0.6) is 5.75 Å². The van der Waals surface area contributed by atoms with E-state index in [2.05, 4.69) is 0 Å². The molecule has 0 aliphatic rings. The van der Waals surface area contributed by atoms with Crippen molar-refractivity contribution in [1.82, 2.24) is 0 Å². The summed E-state index contributed by atoms with van der Waals surface area (Å²) >= 11 is 0. The fraction of sp³-hybridized carbons (Fsp3) is 0.333. The van der Waals surface area contributed by atoms with Gasteiger partial charge in [-0.1, -0.05) is 12.1 Å². The molecule has 4 heteroatoms. The molecular weight excluding hydrogens is 204 g/mol. The number of hydrogen-bond donors (Lipinski definition) is 1. The molecule has 1 aromatic carbocycles. The van der Waals surface area contributed by atoms with Crippen LogP contribution >= 0.6 is 0 Å². The highest BCUT2D eigenvalue weighted by molar-refractivity contribution is 5.83. The Balaban J connectivity index is 2.88. The molecule has 1 atom stereocenters. The number of nitriles is 1. The molecule has 0 aliphatic carbocycles. The maximum absolute atomic E-state index is 11.2. The molecule has 4 nitrogen and oxygen atoms in total. The molecule has 0 saturated heterocycles. The first kappa shape index (κ1) is 12.1. The van der Waals surface area contributed by atoms with Crippen LogP contribution < -0.4 is 10.5 Å². The molecule has 2 N–H and O–H groups in total. The minimum absolute atomic E-state index is 0.308. The maximum Gasteiger partial charge on any atom is 0.237 e. The van der Waals surface area contributed by atoms with Crippen LogP contribution in [-0.2, 0) is 11.2 Å². The summed E-state index contributed by atoms with van der Waals surface area (Å²) in [6.45, 7) is 1.54. The van der Waals surface area contributed by atoms with E-state index in [1.54, 1.807) is 26.2 Å². The fourth-order valence-electron chi connectivity index (χ4n) is 1.33. The third kappa shape index (κ3) is 2.51. The lowest BCUT2D eigenvalue weighted by Crippen LogP contribution is -2.34. The van der Waals surface area contributed by atoms with Gasteiger partial charge in [-0.3, -0.25) is 4.79 Å². The molecule has 0 aliphatic heterocycles. The van der Waals surface area contributed by atoms with Gasteiger partial charge in [0, 0.05) is 0 Å². The predicted molar refractivity (Wildman–Crippen MR) is 59.6 cm³/mol. The molecule has 0 aromatic heterocycles. The first-order chi connectivity index (χ1) is 7.51. The molecule has 0 bridgehead atoms. The summed E-state index contributed by atoms with van der Waals surface area (Å²) in [6.07, 6.45) is 0.308. The summed E-state index contributed by atoms with van der Waals surface area (Å²) in [5, 5.41) is 8.94. The average molecular weight is 218 g/mol. The van der Waals surface area contributed by atoms with Crippen molar-refractivity contribution in [1.29, 1.82) is 5.26 Å². The summed E-state index contributed by atoms with van der Waals surface area (Å²) in [5.41, 5.74) is 4.92. The minimum Gasteiger partial charge on any atom is -0.497 e. The second-order valence-corrected chi connectivity index (χ2v) is 3.83. The van der Waals surface area contributed by atoms with E-state index in [1.807, 2.05) is 18.2 Å². The van der Waals surface area contributed by atoms with Crippen molar-refractivity contribution in [2.75, 3.05) is 7.11 Å². The van der Waals surface area contributed by atoms with Crippen LogP contribution in [-0.4, -0.2) is 13.0 Å². The van der Waals surface area contributed by atoms with Gasteiger partial charge in [-0.25, -0.2) is 0 Å². The third-order valence-electron chi connectivity index (χ3n) is 2.51. The van der Waals surface area contributed by atoms with Crippen LogP contribution in [0.25, 0.3) is 0 Å². The Morgan fingerprint density at radius 3 is 2.44 bits per heavy atom. The fourth-order valence-corrected chi connectivity index (χ4v) is 1.33. The second kappa shape index (κ2) is 4.67. The van der Waals surface area contributed by atoms with Gasteiger partial charge in [0.15, 0.2) is 0 Å². The molecule has 0 spiro atoms. The molecule has 0 radical (unpaired) electrons. The summed E-state index contributed by atoms with van der Waals surface area (Å²) in [4.78, 5) is 11.2. The number of carbonyl (C=O) groups is 1. The highest BCUT2D eigenvalue weighted by Gasteiger charge is 2.31. The molecule has 1 rings (SSSR count). The highest BCUT2D eigenvalue weighted by atomic mass is 16.5. The number of nitrogens with zero attached hydrogens (tertiary/aromatic N) is 1.